The van der Waals surface area contributed by atoms with Gasteiger partial charge in [0.2, 0.25) is 5.91 Å². The first-order valence-electron chi connectivity index (χ1n) is 7.59. The van der Waals surface area contributed by atoms with Crippen molar-refractivity contribution in [2.24, 2.45) is 5.10 Å². The number of benzene rings is 2. The minimum absolute atomic E-state index is 0.0279. The standard InChI is InChI=1S/C18H18FN3O3/c1-25-14-8-6-13(7-9-14)12-21-22-17(23)10-11-20-18(24)15-4-2-3-5-16(15)19/h2-9,12H,10-11H2,1H3,(H,20,24)(H,22,23). The normalized spacial score (nSPS) is 10.5. The molecule has 0 saturated carbocycles. The SMILES string of the molecule is COc1ccc(C=NNC(=O)CCNC(=O)c2ccccc2F)cc1. The lowest BCUT2D eigenvalue weighted by molar-refractivity contribution is -0.120. The number of carbonyl (C=O) groups excluding carboxylic acids is 2. The second-order valence-corrected chi connectivity index (χ2v) is 5.05. The van der Waals surface area contributed by atoms with E-state index in [9.17, 15) is 14.0 Å². The molecule has 0 bridgehead atoms. The van der Waals surface area contributed by atoms with Crippen LogP contribution in [0.5, 0.6) is 5.75 Å². The zero-order chi connectivity index (χ0) is 18.1. The second-order valence-electron chi connectivity index (χ2n) is 5.05. The van der Waals surface area contributed by atoms with Crippen molar-refractivity contribution in [2.75, 3.05) is 13.7 Å². The number of rotatable bonds is 7. The van der Waals surface area contributed by atoms with Crippen LogP contribution < -0.4 is 15.5 Å². The molecule has 6 nitrogen and oxygen atoms in total. The van der Waals surface area contributed by atoms with Gasteiger partial charge in [-0.05, 0) is 42.0 Å². The molecular weight excluding hydrogens is 325 g/mol. The van der Waals surface area contributed by atoms with Crippen LogP contribution in [0.15, 0.2) is 53.6 Å². The Labute approximate surface area is 144 Å². The van der Waals surface area contributed by atoms with E-state index in [1.807, 2.05) is 0 Å². The minimum Gasteiger partial charge on any atom is -0.497 e. The highest BCUT2D eigenvalue weighted by Gasteiger charge is 2.10. The lowest BCUT2D eigenvalue weighted by atomic mass is 10.2. The van der Waals surface area contributed by atoms with Crippen molar-refractivity contribution < 1.29 is 18.7 Å². The number of nitrogens with one attached hydrogen (secondary N) is 2. The Hall–Kier alpha value is -3.22. The van der Waals surface area contributed by atoms with Crippen LogP contribution in [-0.2, 0) is 4.79 Å². The molecule has 7 heteroatoms. The number of carbonyl (C=O) groups is 2. The van der Waals surface area contributed by atoms with Crippen molar-refractivity contribution in [1.82, 2.24) is 10.7 Å². The summed E-state index contributed by atoms with van der Waals surface area (Å²) in [6, 6.07) is 12.8. The smallest absolute Gasteiger partial charge is 0.254 e. The summed E-state index contributed by atoms with van der Waals surface area (Å²) in [5, 5.41) is 6.31. The van der Waals surface area contributed by atoms with Gasteiger partial charge in [-0.1, -0.05) is 12.1 Å². The minimum atomic E-state index is -0.603. The van der Waals surface area contributed by atoms with Crippen LogP contribution in [0.25, 0.3) is 0 Å². The van der Waals surface area contributed by atoms with Crippen molar-refractivity contribution in [3.63, 3.8) is 0 Å². The van der Waals surface area contributed by atoms with E-state index in [4.69, 9.17) is 4.74 Å². The summed E-state index contributed by atoms with van der Waals surface area (Å²) >= 11 is 0. The fourth-order valence-electron chi connectivity index (χ4n) is 1.95. The molecule has 2 N–H and O–H groups in total. The third kappa shape index (κ3) is 5.72. The van der Waals surface area contributed by atoms with Crippen molar-refractivity contribution in [3.05, 3.63) is 65.5 Å². The monoisotopic (exact) mass is 343 g/mol. The number of amides is 2. The molecule has 0 aliphatic carbocycles. The van der Waals surface area contributed by atoms with E-state index in [1.165, 1.54) is 24.4 Å². The number of methoxy groups -OCH3 is 1. The Kier molecular flexibility index (Phi) is 6.65. The van der Waals surface area contributed by atoms with Gasteiger partial charge in [0.05, 0.1) is 18.9 Å². The van der Waals surface area contributed by atoms with Gasteiger partial charge in [0.25, 0.3) is 5.91 Å². The van der Waals surface area contributed by atoms with E-state index in [1.54, 1.807) is 37.4 Å². The van der Waals surface area contributed by atoms with Gasteiger partial charge in [-0.15, -0.1) is 0 Å². The molecule has 0 heterocycles. The van der Waals surface area contributed by atoms with Crippen molar-refractivity contribution in [2.45, 2.75) is 6.42 Å². The highest BCUT2D eigenvalue weighted by atomic mass is 19.1. The maximum absolute atomic E-state index is 13.4. The van der Waals surface area contributed by atoms with Crippen LogP contribution in [0.2, 0.25) is 0 Å². The third-order valence-corrected chi connectivity index (χ3v) is 3.27. The summed E-state index contributed by atoms with van der Waals surface area (Å²) in [5.74, 6) is -0.799. The quantitative estimate of drug-likeness (QED) is 0.597. The molecule has 130 valence electrons. The first-order valence-corrected chi connectivity index (χ1v) is 7.59. The molecule has 2 rings (SSSR count). The maximum Gasteiger partial charge on any atom is 0.254 e. The second kappa shape index (κ2) is 9.17. The number of ether oxygens (including phenoxy) is 1. The fourth-order valence-corrected chi connectivity index (χ4v) is 1.95. The van der Waals surface area contributed by atoms with Crippen molar-refractivity contribution in [3.8, 4) is 5.75 Å². The summed E-state index contributed by atoms with van der Waals surface area (Å²) in [7, 11) is 1.58. The maximum atomic E-state index is 13.4. The van der Waals surface area contributed by atoms with Gasteiger partial charge in [0.15, 0.2) is 0 Å². The van der Waals surface area contributed by atoms with Gasteiger partial charge in [-0.25, -0.2) is 9.82 Å². The van der Waals surface area contributed by atoms with E-state index in [0.29, 0.717) is 0 Å². The number of halogens is 1. The van der Waals surface area contributed by atoms with E-state index in [2.05, 4.69) is 15.8 Å². The van der Waals surface area contributed by atoms with Crippen molar-refractivity contribution >= 4 is 18.0 Å². The summed E-state index contributed by atoms with van der Waals surface area (Å²) in [6.07, 6.45) is 1.52. The van der Waals surface area contributed by atoms with E-state index in [-0.39, 0.29) is 24.4 Å². The molecule has 2 aromatic rings. The number of hydrogen-bond donors (Lipinski definition) is 2. The van der Waals surface area contributed by atoms with Crippen LogP contribution in [0.3, 0.4) is 0 Å². The predicted octanol–water partition coefficient (Wildman–Crippen LogP) is 2.10. The van der Waals surface area contributed by atoms with E-state index < -0.39 is 11.7 Å². The molecule has 0 aliphatic rings. The van der Waals surface area contributed by atoms with Crippen LogP contribution in [0, 0.1) is 5.82 Å². The lowest BCUT2D eigenvalue weighted by Crippen LogP contribution is -2.29. The first kappa shape index (κ1) is 18.1. The molecule has 2 amide bonds. The largest absolute Gasteiger partial charge is 0.497 e. The lowest BCUT2D eigenvalue weighted by Gasteiger charge is -2.05. The van der Waals surface area contributed by atoms with Crippen LogP contribution in [0.4, 0.5) is 4.39 Å². The highest BCUT2D eigenvalue weighted by Crippen LogP contribution is 2.09. The Balaban J connectivity index is 1.72. The third-order valence-electron chi connectivity index (χ3n) is 3.27. The number of nitrogens with zero attached hydrogens (tertiary/aromatic N) is 1. The molecule has 0 aromatic heterocycles. The number of hydrogen-bond acceptors (Lipinski definition) is 4. The van der Waals surface area contributed by atoms with Crippen molar-refractivity contribution in [1.29, 1.82) is 0 Å². The Morgan fingerprint density at radius 2 is 1.88 bits per heavy atom. The zero-order valence-corrected chi connectivity index (χ0v) is 13.7. The molecule has 0 spiro atoms. The van der Waals surface area contributed by atoms with Crippen LogP contribution in [0.1, 0.15) is 22.3 Å². The van der Waals surface area contributed by atoms with E-state index >= 15 is 0 Å². The Bertz CT molecular complexity index is 760. The molecule has 0 radical (unpaired) electrons. The molecule has 0 unspecified atom stereocenters. The molecule has 0 atom stereocenters. The van der Waals surface area contributed by atoms with Gasteiger partial charge < -0.3 is 10.1 Å². The molecule has 0 aliphatic heterocycles. The molecular formula is C18H18FN3O3. The topological polar surface area (TPSA) is 79.8 Å². The van der Waals surface area contributed by atoms with E-state index in [0.717, 1.165) is 11.3 Å². The van der Waals surface area contributed by atoms with Gasteiger partial charge in [-0.2, -0.15) is 5.10 Å². The summed E-state index contributed by atoms with van der Waals surface area (Å²) in [4.78, 5) is 23.4. The first-order chi connectivity index (χ1) is 12.1. The highest BCUT2D eigenvalue weighted by molar-refractivity contribution is 5.94. The zero-order valence-electron chi connectivity index (χ0n) is 13.7. The molecule has 25 heavy (non-hydrogen) atoms. The van der Waals surface area contributed by atoms with Crippen LogP contribution in [-0.4, -0.2) is 31.7 Å². The average molecular weight is 343 g/mol. The molecule has 0 fully saturated rings. The summed E-state index contributed by atoms with van der Waals surface area (Å²) < 4.78 is 18.5. The summed E-state index contributed by atoms with van der Waals surface area (Å²) in [5.41, 5.74) is 3.10. The Morgan fingerprint density at radius 1 is 1.16 bits per heavy atom. The molecule has 2 aromatic carbocycles. The predicted molar refractivity (Wildman–Crippen MR) is 92.1 cm³/mol. The molecule has 0 saturated heterocycles. The number of hydrazone groups is 1. The van der Waals surface area contributed by atoms with Gasteiger partial charge >= 0.3 is 0 Å². The van der Waals surface area contributed by atoms with Gasteiger partial charge in [0, 0.05) is 13.0 Å². The van der Waals surface area contributed by atoms with Gasteiger partial charge in [-0.3, -0.25) is 9.59 Å². The fraction of sp³-hybridized carbons (Fsp3) is 0.167. The van der Waals surface area contributed by atoms with Crippen LogP contribution >= 0.6 is 0 Å². The Morgan fingerprint density at radius 3 is 2.56 bits per heavy atom. The summed E-state index contributed by atoms with van der Waals surface area (Å²) in [6.45, 7) is 0.0804. The van der Waals surface area contributed by atoms with Gasteiger partial charge in [0.1, 0.15) is 11.6 Å². The average Bonchev–Trinajstić information content (AvgIpc) is 2.62.